The molecule has 0 saturated carbocycles. The van der Waals surface area contributed by atoms with Crippen LogP contribution in [-0.4, -0.2) is 61.0 Å². The van der Waals surface area contributed by atoms with Crippen LogP contribution in [0.25, 0.3) is 10.2 Å². The van der Waals surface area contributed by atoms with Crippen molar-refractivity contribution in [3.8, 4) is 0 Å². The number of para-hydroxylation sites is 1. The number of likely N-dealkylation sites (tertiary alicyclic amines) is 1. The number of nitrogens with zero attached hydrogens (tertiary/aromatic N) is 3. The Bertz CT molecular complexity index is 1100. The van der Waals surface area contributed by atoms with Gasteiger partial charge in [-0.1, -0.05) is 0 Å². The predicted octanol–water partition coefficient (Wildman–Crippen LogP) is 4.19. The second-order valence-corrected chi connectivity index (χ2v) is 14.1. The van der Waals surface area contributed by atoms with E-state index in [1.165, 1.54) is 10.5 Å². The van der Waals surface area contributed by atoms with Gasteiger partial charge < -0.3 is 0 Å². The average molecular weight is 530 g/mol. The van der Waals surface area contributed by atoms with Crippen LogP contribution in [0.3, 0.4) is 0 Å². The van der Waals surface area contributed by atoms with Gasteiger partial charge in [0.05, 0.1) is 0 Å². The molecule has 2 aromatic heterocycles. The van der Waals surface area contributed by atoms with Crippen molar-refractivity contribution < 1.29 is 9.90 Å². The van der Waals surface area contributed by atoms with Gasteiger partial charge in [0.2, 0.25) is 0 Å². The molecule has 1 aromatic carbocycles. The van der Waals surface area contributed by atoms with Crippen LogP contribution in [0.15, 0.2) is 36.4 Å². The topological polar surface area (TPSA) is 90.4 Å². The summed E-state index contributed by atoms with van der Waals surface area (Å²) in [5.74, 6) is 0.809. The normalized spacial score (nSPS) is 17.8. The van der Waals surface area contributed by atoms with E-state index in [0.29, 0.717) is 23.8 Å². The Morgan fingerprint density at radius 3 is 2.79 bits per heavy atom. The minimum absolute atomic E-state index is 0.177. The first-order valence-electron chi connectivity index (χ1n) is 11.3. The summed E-state index contributed by atoms with van der Waals surface area (Å²) >= 11 is 1.05. The number of carboxylic acid groups (broad SMARTS) is 1. The molecular formula is C24H32AsN5O2S. The second-order valence-electron chi connectivity index (χ2n) is 9.68. The summed E-state index contributed by atoms with van der Waals surface area (Å²) in [6.07, 6.45) is 0.113. The van der Waals surface area contributed by atoms with E-state index in [2.05, 4.69) is 56.5 Å². The van der Waals surface area contributed by atoms with E-state index in [-0.39, 0.29) is 5.41 Å². The van der Waals surface area contributed by atoms with Crippen LogP contribution < -0.4 is 15.1 Å². The zero-order valence-electron chi connectivity index (χ0n) is 19.6. The Morgan fingerprint density at radius 1 is 1.30 bits per heavy atom. The van der Waals surface area contributed by atoms with E-state index in [1.807, 2.05) is 18.2 Å². The number of rotatable bonds is 7. The number of carbonyl (C=O) groups is 1. The number of nitrogens with one attached hydrogen (secondary N) is 2. The van der Waals surface area contributed by atoms with Crippen molar-refractivity contribution in [3.05, 3.63) is 42.0 Å². The molecule has 33 heavy (non-hydrogen) atoms. The van der Waals surface area contributed by atoms with Crippen molar-refractivity contribution in [2.24, 2.45) is 5.41 Å². The summed E-state index contributed by atoms with van der Waals surface area (Å²) in [6.45, 7) is 11.0. The van der Waals surface area contributed by atoms with Gasteiger partial charge in [-0.3, -0.25) is 0 Å². The average Bonchev–Trinajstić information content (AvgIpc) is 3.37. The number of fused-ring (bicyclic) bond motifs is 1. The van der Waals surface area contributed by atoms with Gasteiger partial charge in [0.15, 0.2) is 0 Å². The van der Waals surface area contributed by atoms with Crippen molar-refractivity contribution in [2.75, 3.05) is 18.4 Å². The van der Waals surface area contributed by atoms with Gasteiger partial charge >= 0.3 is 206 Å². The first kappa shape index (κ1) is 24.0. The molecule has 3 heterocycles. The fraction of sp³-hybridized carbons (Fsp3) is 0.458. The summed E-state index contributed by atoms with van der Waals surface area (Å²) < 4.78 is 2.67. The quantitative estimate of drug-likeness (QED) is 0.398. The van der Waals surface area contributed by atoms with E-state index >= 15 is 0 Å². The number of hydrogen-bond acceptors (Lipinski definition) is 6. The van der Waals surface area contributed by atoms with E-state index < -0.39 is 21.8 Å². The third-order valence-corrected chi connectivity index (χ3v) is 10.1. The third kappa shape index (κ3) is 6.25. The summed E-state index contributed by atoms with van der Waals surface area (Å²) in [5, 5.41) is 17.2. The molecule has 4 rings (SSSR count). The SMILES string of the molecule is C[C@H](NCc1cc(Nc2nc3ccccc3s2)nc([AsH][C@H]2CCN(C(=O)O)C2)c1)C(C)(C)C. The van der Waals surface area contributed by atoms with Crippen LogP contribution >= 0.6 is 11.3 Å². The molecule has 1 aliphatic rings. The molecule has 3 aromatic rings. The van der Waals surface area contributed by atoms with Crippen molar-refractivity contribution in [2.45, 2.75) is 51.4 Å². The van der Waals surface area contributed by atoms with Crippen molar-refractivity contribution >= 4 is 58.8 Å². The molecule has 0 bridgehead atoms. The molecule has 0 aliphatic carbocycles. The number of hydrogen-bond donors (Lipinski definition) is 3. The Balaban J connectivity index is 1.54. The fourth-order valence-electron chi connectivity index (χ4n) is 3.70. The van der Waals surface area contributed by atoms with E-state index in [1.54, 1.807) is 11.3 Å². The molecule has 7 nitrogen and oxygen atoms in total. The van der Waals surface area contributed by atoms with Crippen molar-refractivity contribution in [1.29, 1.82) is 0 Å². The summed E-state index contributed by atoms with van der Waals surface area (Å²) in [7, 11) is 0. The van der Waals surface area contributed by atoms with Gasteiger partial charge in [0.25, 0.3) is 0 Å². The van der Waals surface area contributed by atoms with Crippen LogP contribution in [0.2, 0.25) is 4.71 Å². The van der Waals surface area contributed by atoms with Gasteiger partial charge in [-0.05, 0) is 0 Å². The summed E-state index contributed by atoms with van der Waals surface area (Å²) in [4.78, 5) is 22.5. The Hall–Kier alpha value is -2.15. The van der Waals surface area contributed by atoms with E-state index in [9.17, 15) is 9.90 Å². The molecule has 1 unspecified atom stereocenters. The van der Waals surface area contributed by atoms with Crippen LogP contribution in [0.1, 0.15) is 39.7 Å². The first-order chi connectivity index (χ1) is 15.7. The molecule has 1 aliphatic heterocycles. The molecule has 1 amide bonds. The summed E-state index contributed by atoms with van der Waals surface area (Å²) in [6, 6.07) is 12.8. The van der Waals surface area contributed by atoms with Crippen LogP contribution in [0.5, 0.6) is 0 Å². The van der Waals surface area contributed by atoms with Gasteiger partial charge in [-0.25, -0.2) is 0 Å². The van der Waals surface area contributed by atoms with Crippen molar-refractivity contribution in [1.82, 2.24) is 20.2 Å². The monoisotopic (exact) mass is 529 g/mol. The Kier molecular flexibility index (Phi) is 7.27. The molecule has 3 N–H and O–H groups in total. The number of thiazole rings is 1. The molecule has 176 valence electrons. The molecule has 0 spiro atoms. The maximum atomic E-state index is 11.3. The second kappa shape index (κ2) is 10.00. The number of benzene rings is 1. The van der Waals surface area contributed by atoms with Gasteiger partial charge in [-0.2, -0.15) is 0 Å². The summed E-state index contributed by atoms with van der Waals surface area (Å²) in [5.41, 5.74) is 2.35. The number of anilines is 2. The first-order valence-corrected chi connectivity index (χ1v) is 14.4. The molecule has 1 saturated heterocycles. The maximum absolute atomic E-state index is 11.3. The van der Waals surface area contributed by atoms with E-state index in [0.717, 1.165) is 38.6 Å². The molecular weight excluding hydrogens is 497 g/mol. The number of pyridine rings is 1. The molecule has 9 heteroatoms. The fourth-order valence-corrected chi connectivity index (χ4v) is 7.63. The van der Waals surface area contributed by atoms with Gasteiger partial charge in [0, 0.05) is 0 Å². The zero-order valence-corrected chi connectivity index (χ0v) is 22.5. The van der Waals surface area contributed by atoms with Crippen molar-refractivity contribution in [3.63, 3.8) is 0 Å². The third-order valence-electron chi connectivity index (χ3n) is 6.14. The molecule has 0 radical (unpaired) electrons. The van der Waals surface area contributed by atoms with Gasteiger partial charge in [0.1, 0.15) is 0 Å². The Morgan fingerprint density at radius 2 is 2.09 bits per heavy atom. The molecule has 3 atom stereocenters. The van der Waals surface area contributed by atoms with Crippen LogP contribution in [0, 0.1) is 5.41 Å². The van der Waals surface area contributed by atoms with Crippen LogP contribution in [-0.2, 0) is 6.54 Å². The predicted molar refractivity (Wildman–Crippen MR) is 138 cm³/mol. The zero-order chi connectivity index (χ0) is 23.6. The number of amides is 1. The number of aromatic nitrogens is 2. The molecule has 1 fully saturated rings. The van der Waals surface area contributed by atoms with Crippen LogP contribution in [0.4, 0.5) is 15.7 Å². The Labute approximate surface area is 205 Å². The standard InChI is InChI=1S/C24H32AsN5O2S/c1-15(24(2,3)4)26-13-16-11-20(25-17-9-10-30(14-17)23(31)32)28-21(12-16)29-22-27-18-7-5-6-8-19(18)33-22/h5-8,11-12,15,17,25-26H,9-10,13-14H2,1-4H3,(H,31,32)(H,27,28,29)/t15-,17-/m0/s1. The van der Waals surface area contributed by atoms with E-state index in [4.69, 9.17) is 9.97 Å². The van der Waals surface area contributed by atoms with Gasteiger partial charge in [-0.15, -0.1) is 0 Å². The minimum atomic E-state index is -0.815.